The van der Waals surface area contributed by atoms with E-state index in [0.29, 0.717) is 18.3 Å². The number of nitrogens with one attached hydrogen (secondary N) is 1. The SMILES string of the molecule is CCCCc1noc(CN2C(=O)NC(C)(c3ccc(F)cc3F)C2=O)n1. The molecule has 1 aliphatic rings. The van der Waals surface area contributed by atoms with Gasteiger partial charge in [-0.25, -0.2) is 13.6 Å². The summed E-state index contributed by atoms with van der Waals surface area (Å²) in [6, 6.07) is 2.13. The molecule has 7 nitrogen and oxygen atoms in total. The van der Waals surface area contributed by atoms with Crippen molar-refractivity contribution in [1.29, 1.82) is 0 Å². The summed E-state index contributed by atoms with van der Waals surface area (Å²) in [6.45, 7) is 3.18. The van der Waals surface area contributed by atoms with E-state index in [2.05, 4.69) is 15.5 Å². The van der Waals surface area contributed by atoms with Crippen molar-refractivity contribution in [2.75, 3.05) is 0 Å². The Morgan fingerprint density at radius 3 is 2.77 bits per heavy atom. The van der Waals surface area contributed by atoms with E-state index < -0.39 is 29.1 Å². The van der Waals surface area contributed by atoms with Crippen LogP contribution in [-0.4, -0.2) is 27.0 Å². The fraction of sp³-hybridized carbons (Fsp3) is 0.412. The number of rotatable bonds is 6. The summed E-state index contributed by atoms with van der Waals surface area (Å²) < 4.78 is 32.3. The van der Waals surface area contributed by atoms with E-state index in [9.17, 15) is 18.4 Å². The molecule has 1 fully saturated rings. The zero-order chi connectivity index (χ0) is 18.9. The lowest BCUT2D eigenvalue weighted by molar-refractivity contribution is -0.131. The molecule has 1 saturated heterocycles. The highest BCUT2D eigenvalue weighted by Gasteiger charge is 2.50. The van der Waals surface area contributed by atoms with Crippen LogP contribution in [0.15, 0.2) is 22.7 Å². The Morgan fingerprint density at radius 1 is 1.31 bits per heavy atom. The number of benzene rings is 1. The first-order valence-electron chi connectivity index (χ1n) is 8.26. The highest BCUT2D eigenvalue weighted by Crippen LogP contribution is 2.31. The lowest BCUT2D eigenvalue weighted by Gasteiger charge is -2.22. The van der Waals surface area contributed by atoms with Crippen LogP contribution in [0, 0.1) is 11.6 Å². The number of carbonyl (C=O) groups is 2. The van der Waals surface area contributed by atoms with Crippen molar-refractivity contribution < 1.29 is 22.9 Å². The van der Waals surface area contributed by atoms with Crippen molar-refractivity contribution >= 4 is 11.9 Å². The minimum atomic E-state index is -1.64. The third kappa shape index (κ3) is 3.16. The number of carbonyl (C=O) groups excluding carboxylic acids is 2. The lowest BCUT2D eigenvalue weighted by Crippen LogP contribution is -2.41. The molecule has 3 amide bonds. The number of imide groups is 1. The maximum atomic E-state index is 14.1. The van der Waals surface area contributed by atoms with Crippen LogP contribution in [0.25, 0.3) is 0 Å². The topological polar surface area (TPSA) is 88.3 Å². The molecule has 0 aliphatic carbocycles. The molecule has 0 bridgehead atoms. The molecule has 1 atom stereocenters. The number of unbranched alkanes of at least 4 members (excludes halogenated alkanes) is 1. The van der Waals surface area contributed by atoms with E-state index in [1.54, 1.807) is 0 Å². The van der Waals surface area contributed by atoms with Gasteiger partial charge in [-0.1, -0.05) is 24.6 Å². The van der Waals surface area contributed by atoms with Crippen molar-refractivity contribution in [3.8, 4) is 0 Å². The first kappa shape index (κ1) is 18.0. The normalized spacial score (nSPS) is 19.9. The van der Waals surface area contributed by atoms with Crippen molar-refractivity contribution in [3.63, 3.8) is 0 Å². The van der Waals surface area contributed by atoms with Crippen molar-refractivity contribution in [2.24, 2.45) is 0 Å². The van der Waals surface area contributed by atoms with E-state index in [0.717, 1.165) is 29.9 Å². The van der Waals surface area contributed by atoms with Crippen molar-refractivity contribution in [2.45, 2.75) is 45.2 Å². The van der Waals surface area contributed by atoms with Crippen LogP contribution in [0.5, 0.6) is 0 Å². The summed E-state index contributed by atoms with van der Waals surface area (Å²) in [4.78, 5) is 30.0. The highest BCUT2D eigenvalue weighted by molar-refractivity contribution is 6.07. The summed E-state index contributed by atoms with van der Waals surface area (Å²) in [5, 5.41) is 6.26. The number of nitrogens with zero attached hydrogens (tertiary/aromatic N) is 3. The van der Waals surface area contributed by atoms with Crippen molar-refractivity contribution in [1.82, 2.24) is 20.4 Å². The predicted molar refractivity (Wildman–Crippen MR) is 85.7 cm³/mol. The Kier molecular flexibility index (Phi) is 4.71. The first-order valence-corrected chi connectivity index (χ1v) is 8.26. The second-order valence-electron chi connectivity index (χ2n) is 6.28. The summed E-state index contributed by atoms with van der Waals surface area (Å²) in [7, 11) is 0. The number of amides is 3. The summed E-state index contributed by atoms with van der Waals surface area (Å²) >= 11 is 0. The van der Waals surface area contributed by atoms with Gasteiger partial charge in [0.05, 0.1) is 0 Å². The summed E-state index contributed by atoms with van der Waals surface area (Å²) in [5.74, 6) is -1.75. The molecule has 3 rings (SSSR count). The Morgan fingerprint density at radius 2 is 2.08 bits per heavy atom. The fourth-order valence-electron chi connectivity index (χ4n) is 2.84. The zero-order valence-corrected chi connectivity index (χ0v) is 14.4. The van der Waals surface area contributed by atoms with Crippen LogP contribution in [0.3, 0.4) is 0 Å². The fourth-order valence-corrected chi connectivity index (χ4v) is 2.84. The smallest absolute Gasteiger partial charge is 0.325 e. The van der Waals surface area contributed by atoms with Crippen LogP contribution in [0.1, 0.15) is 44.0 Å². The minimum Gasteiger partial charge on any atom is -0.337 e. The third-order valence-corrected chi connectivity index (χ3v) is 4.30. The molecular formula is C17H18F2N4O3. The molecule has 2 aromatic rings. The molecule has 0 spiro atoms. The van der Waals surface area contributed by atoms with E-state index in [4.69, 9.17) is 4.52 Å². The number of hydrogen-bond acceptors (Lipinski definition) is 5. The molecule has 26 heavy (non-hydrogen) atoms. The number of urea groups is 1. The Balaban J connectivity index is 1.81. The maximum Gasteiger partial charge on any atom is 0.325 e. The molecule has 138 valence electrons. The standard InChI is InChI=1S/C17H18F2N4O3/c1-3-4-5-13-20-14(26-22-13)9-23-15(24)17(2,21-16(23)25)11-7-6-10(18)8-12(11)19/h6-8H,3-5,9H2,1-2H3,(H,21,25). The van der Waals surface area contributed by atoms with E-state index in [1.165, 1.54) is 6.92 Å². The van der Waals surface area contributed by atoms with Gasteiger partial charge in [0.25, 0.3) is 5.91 Å². The van der Waals surface area contributed by atoms with Crippen LogP contribution < -0.4 is 5.32 Å². The van der Waals surface area contributed by atoms with Gasteiger partial charge in [-0.05, 0) is 19.4 Å². The molecule has 1 aromatic carbocycles. The molecule has 1 N–H and O–H groups in total. The van der Waals surface area contributed by atoms with Gasteiger partial charge in [-0.2, -0.15) is 4.98 Å². The van der Waals surface area contributed by atoms with Crippen LogP contribution in [-0.2, 0) is 23.3 Å². The molecule has 2 heterocycles. The molecule has 0 radical (unpaired) electrons. The van der Waals surface area contributed by atoms with Gasteiger partial charge in [-0.15, -0.1) is 0 Å². The van der Waals surface area contributed by atoms with Crippen LogP contribution in [0.4, 0.5) is 13.6 Å². The molecular weight excluding hydrogens is 346 g/mol. The van der Waals surface area contributed by atoms with Gasteiger partial charge in [-0.3, -0.25) is 9.69 Å². The molecule has 9 heteroatoms. The van der Waals surface area contributed by atoms with E-state index in [-0.39, 0.29) is 18.0 Å². The largest absolute Gasteiger partial charge is 0.337 e. The monoisotopic (exact) mass is 364 g/mol. The van der Waals surface area contributed by atoms with Gasteiger partial charge in [0.2, 0.25) is 5.89 Å². The number of aromatic nitrogens is 2. The van der Waals surface area contributed by atoms with E-state index >= 15 is 0 Å². The van der Waals surface area contributed by atoms with Crippen LogP contribution in [0.2, 0.25) is 0 Å². The lowest BCUT2D eigenvalue weighted by atomic mass is 9.91. The average molecular weight is 364 g/mol. The second-order valence-corrected chi connectivity index (χ2v) is 6.28. The second kappa shape index (κ2) is 6.81. The maximum absolute atomic E-state index is 14.1. The highest BCUT2D eigenvalue weighted by atomic mass is 19.1. The number of hydrogen-bond donors (Lipinski definition) is 1. The average Bonchev–Trinajstić information content (AvgIpc) is 3.11. The summed E-state index contributed by atoms with van der Waals surface area (Å²) in [5.41, 5.74) is -1.76. The van der Waals surface area contributed by atoms with Gasteiger partial charge >= 0.3 is 6.03 Å². The molecule has 1 aromatic heterocycles. The molecule has 1 aliphatic heterocycles. The van der Waals surface area contributed by atoms with E-state index in [1.807, 2.05) is 6.92 Å². The molecule has 1 unspecified atom stereocenters. The zero-order valence-electron chi connectivity index (χ0n) is 14.4. The van der Waals surface area contributed by atoms with Crippen molar-refractivity contribution in [3.05, 3.63) is 47.1 Å². The van der Waals surface area contributed by atoms with Gasteiger partial charge in [0.1, 0.15) is 23.7 Å². The third-order valence-electron chi connectivity index (χ3n) is 4.30. The predicted octanol–water partition coefficient (Wildman–Crippen LogP) is 2.66. The molecule has 0 saturated carbocycles. The quantitative estimate of drug-likeness (QED) is 0.796. The van der Waals surface area contributed by atoms with Gasteiger partial charge in [0.15, 0.2) is 5.82 Å². The number of halogens is 2. The first-order chi connectivity index (χ1) is 12.3. The van der Waals surface area contributed by atoms with Gasteiger partial charge < -0.3 is 9.84 Å². The minimum absolute atomic E-state index is 0.114. The summed E-state index contributed by atoms with van der Waals surface area (Å²) in [6.07, 6.45) is 2.50. The Bertz CT molecular complexity index is 854. The van der Waals surface area contributed by atoms with Gasteiger partial charge in [0, 0.05) is 18.1 Å². The van der Waals surface area contributed by atoms with Crippen LogP contribution >= 0.6 is 0 Å². The Hall–Kier alpha value is -2.84. The number of aryl methyl sites for hydroxylation is 1. The Labute approximate surface area is 148 Å².